The van der Waals surface area contributed by atoms with Crippen LogP contribution in [0.1, 0.15) is 28.8 Å². The Hall–Kier alpha value is -3.61. The Morgan fingerprint density at radius 1 is 1.00 bits per heavy atom. The summed E-state index contributed by atoms with van der Waals surface area (Å²) in [5.41, 5.74) is 2.37. The summed E-state index contributed by atoms with van der Waals surface area (Å²) in [4.78, 5) is 26.6. The molecule has 3 rings (SSSR count). The summed E-state index contributed by atoms with van der Waals surface area (Å²) in [5, 5.41) is 4.35. The van der Waals surface area contributed by atoms with Crippen LogP contribution in [0.25, 0.3) is 5.69 Å². The molecule has 0 N–H and O–H groups in total. The average Bonchev–Trinajstić information content (AvgIpc) is 3.25. The van der Waals surface area contributed by atoms with E-state index in [1.807, 2.05) is 36.5 Å². The molecule has 0 atom stereocenters. The number of ether oxygens (including phenoxy) is 2. The second-order valence-electron chi connectivity index (χ2n) is 6.87. The molecule has 0 fully saturated rings. The molecule has 0 saturated heterocycles. The summed E-state index contributed by atoms with van der Waals surface area (Å²) in [6.07, 6.45) is 3.90. The fourth-order valence-corrected chi connectivity index (χ4v) is 3.09. The Labute approximate surface area is 175 Å². The van der Waals surface area contributed by atoms with Crippen molar-refractivity contribution in [3.8, 4) is 17.2 Å². The minimum absolute atomic E-state index is 0.101. The quantitative estimate of drug-likeness (QED) is 0.508. The first-order valence-electron chi connectivity index (χ1n) is 9.60. The summed E-state index contributed by atoms with van der Waals surface area (Å²) in [6.45, 7) is 0.427. The van der Waals surface area contributed by atoms with E-state index in [0.717, 1.165) is 11.3 Å². The molecule has 0 spiro atoms. The van der Waals surface area contributed by atoms with Gasteiger partial charge in [0.15, 0.2) is 17.3 Å². The Morgan fingerprint density at radius 2 is 1.73 bits per heavy atom. The van der Waals surface area contributed by atoms with Crippen molar-refractivity contribution < 1.29 is 19.1 Å². The maximum Gasteiger partial charge on any atom is 0.223 e. The van der Waals surface area contributed by atoms with Gasteiger partial charge in [-0.3, -0.25) is 9.59 Å². The molecule has 0 bridgehead atoms. The van der Waals surface area contributed by atoms with Gasteiger partial charge in [0.05, 0.1) is 26.1 Å². The highest BCUT2D eigenvalue weighted by Gasteiger charge is 2.15. The fourth-order valence-electron chi connectivity index (χ4n) is 3.09. The molecule has 7 heteroatoms. The standard InChI is InChI=1S/C23H25N3O4/c1-25(15-17-14-24-26(16-17)19-7-5-4-6-8-19)23(28)12-10-20(27)18-9-11-21(29-2)22(13-18)30-3/h4-9,11,13-14,16H,10,12,15H2,1-3H3. The van der Waals surface area contributed by atoms with Gasteiger partial charge in [0.2, 0.25) is 5.91 Å². The number of ketones is 1. The van der Waals surface area contributed by atoms with Gasteiger partial charge in [-0.1, -0.05) is 18.2 Å². The van der Waals surface area contributed by atoms with Crippen molar-refractivity contribution in [3.05, 3.63) is 72.1 Å². The number of nitrogens with zero attached hydrogens (tertiary/aromatic N) is 3. The Kier molecular flexibility index (Phi) is 6.85. The summed E-state index contributed by atoms with van der Waals surface area (Å²) in [7, 11) is 4.78. The van der Waals surface area contributed by atoms with Gasteiger partial charge < -0.3 is 14.4 Å². The molecule has 0 aliphatic heterocycles. The predicted molar refractivity (Wildman–Crippen MR) is 113 cm³/mol. The van der Waals surface area contributed by atoms with Gasteiger partial charge in [-0.2, -0.15) is 5.10 Å². The molecule has 0 aliphatic carbocycles. The molecule has 7 nitrogen and oxygen atoms in total. The van der Waals surface area contributed by atoms with Crippen molar-refractivity contribution in [2.45, 2.75) is 19.4 Å². The zero-order valence-electron chi connectivity index (χ0n) is 17.4. The molecular formula is C23H25N3O4. The molecule has 0 aliphatic rings. The topological polar surface area (TPSA) is 73.7 Å². The van der Waals surface area contributed by atoms with Gasteiger partial charge in [-0.15, -0.1) is 0 Å². The van der Waals surface area contributed by atoms with Crippen LogP contribution in [0.2, 0.25) is 0 Å². The molecule has 1 aromatic heterocycles. The molecule has 30 heavy (non-hydrogen) atoms. The highest BCUT2D eigenvalue weighted by Crippen LogP contribution is 2.28. The zero-order valence-corrected chi connectivity index (χ0v) is 17.4. The smallest absolute Gasteiger partial charge is 0.223 e. The second-order valence-corrected chi connectivity index (χ2v) is 6.87. The third-order valence-electron chi connectivity index (χ3n) is 4.77. The molecule has 2 aromatic carbocycles. The predicted octanol–water partition coefficient (Wildman–Crippen LogP) is 3.51. The average molecular weight is 407 g/mol. The maximum atomic E-state index is 12.5. The number of para-hydroxylation sites is 1. The number of benzene rings is 2. The van der Waals surface area contributed by atoms with E-state index < -0.39 is 0 Å². The lowest BCUT2D eigenvalue weighted by Gasteiger charge is -2.16. The monoisotopic (exact) mass is 407 g/mol. The molecular weight excluding hydrogens is 382 g/mol. The van der Waals surface area contributed by atoms with Crippen LogP contribution >= 0.6 is 0 Å². The van der Waals surface area contributed by atoms with Crippen molar-refractivity contribution in [2.75, 3.05) is 21.3 Å². The lowest BCUT2D eigenvalue weighted by molar-refractivity contribution is -0.130. The summed E-state index contributed by atoms with van der Waals surface area (Å²) in [5.74, 6) is 0.828. The Bertz CT molecular complexity index is 1010. The van der Waals surface area contributed by atoms with Crippen molar-refractivity contribution in [2.24, 2.45) is 0 Å². The first-order chi connectivity index (χ1) is 14.5. The van der Waals surface area contributed by atoms with E-state index in [-0.39, 0.29) is 24.5 Å². The molecule has 0 saturated carbocycles. The summed E-state index contributed by atoms with van der Waals surface area (Å²) >= 11 is 0. The van der Waals surface area contributed by atoms with Crippen molar-refractivity contribution in [3.63, 3.8) is 0 Å². The van der Waals surface area contributed by atoms with Gasteiger partial charge in [0.1, 0.15) is 0 Å². The van der Waals surface area contributed by atoms with Crippen molar-refractivity contribution in [1.29, 1.82) is 0 Å². The van der Waals surface area contributed by atoms with E-state index >= 15 is 0 Å². The second kappa shape index (κ2) is 9.73. The molecule has 0 radical (unpaired) electrons. The summed E-state index contributed by atoms with van der Waals surface area (Å²) in [6, 6.07) is 14.8. The number of hydrogen-bond acceptors (Lipinski definition) is 5. The molecule has 3 aromatic rings. The first kappa shape index (κ1) is 21.1. The number of carbonyl (C=O) groups is 2. The SMILES string of the molecule is COc1ccc(C(=O)CCC(=O)N(C)Cc2cnn(-c3ccccc3)c2)cc1OC. The number of rotatable bonds is 9. The molecule has 1 heterocycles. The summed E-state index contributed by atoms with van der Waals surface area (Å²) < 4.78 is 12.2. The van der Waals surface area contributed by atoms with Crippen LogP contribution in [0.15, 0.2) is 60.9 Å². The Balaban J connectivity index is 1.55. The third-order valence-corrected chi connectivity index (χ3v) is 4.77. The van der Waals surface area contributed by atoms with Crippen LogP contribution in [0.3, 0.4) is 0 Å². The molecule has 0 unspecified atom stereocenters. The van der Waals surface area contributed by atoms with E-state index in [1.54, 1.807) is 41.0 Å². The van der Waals surface area contributed by atoms with E-state index in [9.17, 15) is 9.59 Å². The Morgan fingerprint density at radius 3 is 2.43 bits per heavy atom. The van der Waals surface area contributed by atoms with Gasteiger partial charge in [-0.05, 0) is 30.3 Å². The van der Waals surface area contributed by atoms with Crippen LogP contribution in [0, 0.1) is 0 Å². The van der Waals surface area contributed by atoms with Crippen LogP contribution in [0.5, 0.6) is 11.5 Å². The number of methoxy groups -OCH3 is 2. The minimum atomic E-state index is -0.116. The van der Waals surface area contributed by atoms with E-state index in [2.05, 4.69) is 5.10 Å². The van der Waals surface area contributed by atoms with E-state index in [0.29, 0.717) is 23.6 Å². The minimum Gasteiger partial charge on any atom is -0.493 e. The normalized spacial score (nSPS) is 10.5. The lowest BCUT2D eigenvalue weighted by Crippen LogP contribution is -2.26. The number of aromatic nitrogens is 2. The van der Waals surface area contributed by atoms with Crippen molar-refractivity contribution >= 4 is 11.7 Å². The highest BCUT2D eigenvalue weighted by atomic mass is 16.5. The van der Waals surface area contributed by atoms with Gasteiger partial charge in [0, 0.05) is 43.8 Å². The van der Waals surface area contributed by atoms with Crippen LogP contribution in [-0.4, -0.2) is 47.6 Å². The lowest BCUT2D eigenvalue weighted by atomic mass is 10.1. The zero-order chi connectivity index (χ0) is 21.5. The van der Waals surface area contributed by atoms with Crippen LogP contribution < -0.4 is 9.47 Å². The fraction of sp³-hybridized carbons (Fsp3) is 0.261. The largest absolute Gasteiger partial charge is 0.493 e. The van der Waals surface area contributed by atoms with Crippen LogP contribution in [-0.2, 0) is 11.3 Å². The number of amides is 1. The molecule has 156 valence electrons. The van der Waals surface area contributed by atoms with Gasteiger partial charge in [0.25, 0.3) is 0 Å². The number of hydrogen-bond donors (Lipinski definition) is 0. The van der Waals surface area contributed by atoms with Gasteiger partial charge in [-0.25, -0.2) is 4.68 Å². The third kappa shape index (κ3) is 5.05. The first-order valence-corrected chi connectivity index (χ1v) is 9.60. The maximum absolute atomic E-state index is 12.5. The van der Waals surface area contributed by atoms with Crippen LogP contribution in [0.4, 0.5) is 0 Å². The number of Topliss-reactive ketones (excluding diaryl/α,β-unsaturated/α-hetero) is 1. The highest BCUT2D eigenvalue weighted by molar-refractivity contribution is 5.98. The van der Waals surface area contributed by atoms with Gasteiger partial charge >= 0.3 is 0 Å². The molecule has 1 amide bonds. The van der Waals surface area contributed by atoms with Crippen molar-refractivity contribution in [1.82, 2.24) is 14.7 Å². The van der Waals surface area contributed by atoms with E-state index in [4.69, 9.17) is 9.47 Å². The van der Waals surface area contributed by atoms with E-state index in [1.165, 1.54) is 14.2 Å². The number of carbonyl (C=O) groups excluding carboxylic acids is 2.